The summed E-state index contributed by atoms with van der Waals surface area (Å²) >= 11 is 3.32. The molecule has 0 atom stereocenters. The van der Waals surface area contributed by atoms with Gasteiger partial charge in [-0.15, -0.1) is 0 Å². The maximum atomic E-state index is 4.23. The van der Waals surface area contributed by atoms with E-state index in [0.717, 1.165) is 17.6 Å². The van der Waals surface area contributed by atoms with Gasteiger partial charge in [0, 0.05) is 12.2 Å². The summed E-state index contributed by atoms with van der Waals surface area (Å²) < 4.78 is 2.93. The molecule has 0 aliphatic heterocycles. The number of hydrogen-bond acceptors (Lipinski definition) is 1. The van der Waals surface area contributed by atoms with Gasteiger partial charge in [-0.05, 0) is 35.3 Å². The first-order chi connectivity index (χ1) is 4.74. The molecule has 1 aromatic heterocycles. The lowest BCUT2D eigenvalue weighted by molar-refractivity contribution is 0.584. The van der Waals surface area contributed by atoms with Gasteiger partial charge in [-0.2, -0.15) is 5.10 Å². The molecule has 0 saturated heterocycles. The van der Waals surface area contributed by atoms with Crippen molar-refractivity contribution in [2.45, 2.75) is 26.8 Å². The van der Waals surface area contributed by atoms with Gasteiger partial charge in [0.05, 0.1) is 0 Å². The van der Waals surface area contributed by atoms with Gasteiger partial charge in [0.1, 0.15) is 4.60 Å². The zero-order valence-electron chi connectivity index (χ0n) is 6.26. The average molecular weight is 203 g/mol. The molecule has 1 aromatic rings. The van der Waals surface area contributed by atoms with E-state index in [0.29, 0.717) is 0 Å². The summed E-state index contributed by atoms with van der Waals surface area (Å²) in [4.78, 5) is 0. The number of aromatic nitrogens is 2. The molecule has 0 aliphatic carbocycles. The van der Waals surface area contributed by atoms with Gasteiger partial charge in [-0.25, -0.2) is 0 Å². The van der Waals surface area contributed by atoms with Gasteiger partial charge in [0.25, 0.3) is 0 Å². The van der Waals surface area contributed by atoms with E-state index < -0.39 is 0 Å². The van der Waals surface area contributed by atoms with Gasteiger partial charge >= 0.3 is 0 Å². The maximum Gasteiger partial charge on any atom is 0.128 e. The third-order valence-electron chi connectivity index (χ3n) is 1.39. The average Bonchev–Trinajstić information content (AvgIpc) is 2.13. The first-order valence-corrected chi connectivity index (χ1v) is 4.23. The Morgan fingerprint density at radius 1 is 1.70 bits per heavy atom. The van der Waals surface area contributed by atoms with Crippen LogP contribution in [0.3, 0.4) is 0 Å². The Morgan fingerprint density at radius 3 is 2.80 bits per heavy atom. The van der Waals surface area contributed by atoms with E-state index >= 15 is 0 Å². The van der Waals surface area contributed by atoms with Crippen molar-refractivity contribution in [2.75, 3.05) is 0 Å². The van der Waals surface area contributed by atoms with Crippen LogP contribution in [0.1, 0.15) is 19.0 Å². The molecular formula is C7H11BrN2. The number of nitrogens with zero attached hydrogens (tertiary/aromatic N) is 2. The fraction of sp³-hybridized carbons (Fsp3) is 0.571. The molecule has 0 amide bonds. The van der Waals surface area contributed by atoms with Crippen LogP contribution in [0, 0.1) is 6.92 Å². The highest BCUT2D eigenvalue weighted by Crippen LogP contribution is 2.09. The SMILES string of the molecule is CCCn1nc(Br)cc1C. The molecule has 0 saturated carbocycles. The fourth-order valence-electron chi connectivity index (χ4n) is 0.908. The summed E-state index contributed by atoms with van der Waals surface area (Å²) in [6, 6.07) is 2.02. The van der Waals surface area contributed by atoms with Gasteiger partial charge in [-0.3, -0.25) is 4.68 Å². The van der Waals surface area contributed by atoms with Crippen LogP contribution in [0.5, 0.6) is 0 Å². The van der Waals surface area contributed by atoms with Crippen LogP contribution in [0.2, 0.25) is 0 Å². The van der Waals surface area contributed by atoms with Gasteiger partial charge in [-0.1, -0.05) is 6.92 Å². The van der Waals surface area contributed by atoms with Crippen molar-refractivity contribution in [1.82, 2.24) is 9.78 Å². The lowest BCUT2D eigenvalue weighted by atomic mass is 10.4. The van der Waals surface area contributed by atoms with E-state index in [2.05, 4.69) is 34.9 Å². The molecule has 0 fully saturated rings. The second kappa shape index (κ2) is 3.19. The van der Waals surface area contributed by atoms with E-state index in [1.807, 2.05) is 10.7 Å². The topological polar surface area (TPSA) is 17.8 Å². The molecule has 0 radical (unpaired) electrons. The minimum absolute atomic E-state index is 0.929. The Labute approximate surface area is 69.4 Å². The Hall–Kier alpha value is -0.310. The molecule has 0 spiro atoms. The van der Waals surface area contributed by atoms with Crippen LogP contribution < -0.4 is 0 Å². The van der Waals surface area contributed by atoms with Crippen LogP contribution >= 0.6 is 15.9 Å². The maximum absolute atomic E-state index is 4.23. The second-order valence-electron chi connectivity index (χ2n) is 2.33. The van der Waals surface area contributed by atoms with Crippen molar-refractivity contribution in [3.8, 4) is 0 Å². The summed E-state index contributed by atoms with van der Waals surface area (Å²) in [5.41, 5.74) is 1.22. The summed E-state index contributed by atoms with van der Waals surface area (Å²) in [5, 5.41) is 4.23. The van der Waals surface area contributed by atoms with Crippen molar-refractivity contribution in [3.05, 3.63) is 16.4 Å². The van der Waals surface area contributed by atoms with Crippen LogP contribution in [0.25, 0.3) is 0 Å². The van der Waals surface area contributed by atoms with Crippen molar-refractivity contribution in [2.24, 2.45) is 0 Å². The molecule has 0 N–H and O–H groups in total. The number of aryl methyl sites for hydroxylation is 2. The number of hydrogen-bond donors (Lipinski definition) is 0. The Kier molecular flexibility index (Phi) is 2.49. The molecule has 0 aromatic carbocycles. The number of rotatable bonds is 2. The fourth-order valence-corrected chi connectivity index (χ4v) is 1.43. The molecule has 3 heteroatoms. The molecule has 2 nitrogen and oxygen atoms in total. The first kappa shape index (κ1) is 7.79. The summed E-state index contributed by atoms with van der Waals surface area (Å²) in [6.07, 6.45) is 1.13. The second-order valence-corrected chi connectivity index (χ2v) is 3.14. The first-order valence-electron chi connectivity index (χ1n) is 3.44. The standard InChI is InChI=1S/C7H11BrN2/c1-3-4-10-6(2)5-7(8)9-10/h5H,3-4H2,1-2H3. The van der Waals surface area contributed by atoms with Crippen molar-refractivity contribution in [1.29, 1.82) is 0 Å². The normalized spacial score (nSPS) is 10.3. The summed E-state index contributed by atoms with van der Waals surface area (Å²) in [7, 11) is 0. The van der Waals surface area contributed by atoms with E-state index in [1.165, 1.54) is 5.69 Å². The molecule has 56 valence electrons. The Morgan fingerprint density at radius 2 is 2.40 bits per heavy atom. The molecule has 10 heavy (non-hydrogen) atoms. The van der Waals surface area contributed by atoms with Crippen LogP contribution in [0.15, 0.2) is 10.7 Å². The molecule has 0 aliphatic rings. The highest BCUT2D eigenvalue weighted by molar-refractivity contribution is 9.10. The van der Waals surface area contributed by atoms with Crippen molar-refractivity contribution in [3.63, 3.8) is 0 Å². The van der Waals surface area contributed by atoms with E-state index in [9.17, 15) is 0 Å². The molecular weight excluding hydrogens is 192 g/mol. The van der Waals surface area contributed by atoms with Crippen molar-refractivity contribution >= 4 is 15.9 Å². The highest BCUT2D eigenvalue weighted by Gasteiger charge is 1.98. The lowest BCUT2D eigenvalue weighted by Crippen LogP contribution is -2.00. The zero-order chi connectivity index (χ0) is 7.56. The third kappa shape index (κ3) is 1.59. The van der Waals surface area contributed by atoms with Crippen LogP contribution in [-0.2, 0) is 6.54 Å². The zero-order valence-corrected chi connectivity index (χ0v) is 7.85. The molecule has 0 bridgehead atoms. The smallest absolute Gasteiger partial charge is 0.128 e. The molecule has 0 unspecified atom stereocenters. The number of halogens is 1. The Balaban J connectivity index is 2.81. The van der Waals surface area contributed by atoms with Gasteiger partial charge in [0.2, 0.25) is 0 Å². The minimum atomic E-state index is 0.929. The Bertz CT molecular complexity index is 217. The predicted molar refractivity (Wildman–Crippen MR) is 45.0 cm³/mol. The quantitative estimate of drug-likeness (QED) is 0.721. The van der Waals surface area contributed by atoms with E-state index in [-0.39, 0.29) is 0 Å². The van der Waals surface area contributed by atoms with Crippen LogP contribution in [-0.4, -0.2) is 9.78 Å². The van der Waals surface area contributed by atoms with Crippen molar-refractivity contribution < 1.29 is 0 Å². The van der Waals surface area contributed by atoms with Gasteiger partial charge < -0.3 is 0 Å². The monoisotopic (exact) mass is 202 g/mol. The highest BCUT2D eigenvalue weighted by atomic mass is 79.9. The van der Waals surface area contributed by atoms with E-state index in [1.54, 1.807) is 0 Å². The predicted octanol–water partition coefficient (Wildman–Crippen LogP) is 2.36. The lowest BCUT2D eigenvalue weighted by Gasteiger charge is -1.98. The molecule has 1 rings (SSSR count). The largest absolute Gasteiger partial charge is 0.269 e. The molecule has 1 heterocycles. The van der Waals surface area contributed by atoms with Crippen LogP contribution in [0.4, 0.5) is 0 Å². The van der Waals surface area contributed by atoms with Gasteiger partial charge in [0.15, 0.2) is 0 Å². The minimum Gasteiger partial charge on any atom is -0.269 e. The summed E-state index contributed by atoms with van der Waals surface area (Å²) in [5.74, 6) is 0. The third-order valence-corrected chi connectivity index (χ3v) is 1.77. The van der Waals surface area contributed by atoms with E-state index in [4.69, 9.17) is 0 Å². The summed E-state index contributed by atoms with van der Waals surface area (Å²) in [6.45, 7) is 5.22.